The summed E-state index contributed by atoms with van der Waals surface area (Å²) in [6.45, 7) is 0. The van der Waals surface area contributed by atoms with Crippen molar-refractivity contribution in [3.63, 3.8) is 0 Å². The average molecular weight is 246 g/mol. The normalized spacial score (nSPS) is 21.2. The van der Waals surface area contributed by atoms with Crippen LogP contribution in [-0.2, 0) is 10.2 Å². The van der Waals surface area contributed by atoms with Gasteiger partial charge >= 0.3 is 5.97 Å². The van der Waals surface area contributed by atoms with Gasteiger partial charge in [0.1, 0.15) is 5.75 Å². The van der Waals surface area contributed by atoms with Gasteiger partial charge in [-0.2, -0.15) is 0 Å². The van der Waals surface area contributed by atoms with E-state index in [9.17, 15) is 9.90 Å². The first kappa shape index (κ1) is 11.6. The van der Waals surface area contributed by atoms with Crippen LogP contribution in [0, 0.1) is 0 Å². The van der Waals surface area contributed by atoms with E-state index in [0.29, 0.717) is 5.92 Å². The molecule has 0 unspecified atom stereocenters. The predicted octanol–water partition coefficient (Wildman–Crippen LogP) is 3.08. The van der Waals surface area contributed by atoms with Crippen LogP contribution >= 0.6 is 0 Å². The van der Waals surface area contributed by atoms with E-state index in [4.69, 9.17) is 4.74 Å². The maximum Gasteiger partial charge on any atom is 0.314 e. The van der Waals surface area contributed by atoms with Crippen LogP contribution in [0.5, 0.6) is 5.75 Å². The zero-order valence-corrected chi connectivity index (χ0v) is 10.6. The molecule has 0 aromatic heterocycles. The monoisotopic (exact) mass is 246 g/mol. The fraction of sp³-hybridized carbons (Fsp3) is 0.533. The van der Waals surface area contributed by atoms with Gasteiger partial charge in [0.15, 0.2) is 0 Å². The minimum Gasteiger partial charge on any atom is -0.496 e. The minimum atomic E-state index is -0.699. The largest absolute Gasteiger partial charge is 0.496 e. The molecule has 18 heavy (non-hydrogen) atoms. The van der Waals surface area contributed by atoms with Gasteiger partial charge in [0.25, 0.3) is 0 Å². The zero-order chi connectivity index (χ0) is 12.8. The van der Waals surface area contributed by atoms with Crippen LogP contribution in [0.15, 0.2) is 18.2 Å². The molecular weight excluding hydrogens is 228 g/mol. The SMILES string of the molecule is COc1cc(C2(C(=O)O)CCC2)ccc1C1CC1. The lowest BCUT2D eigenvalue weighted by Crippen LogP contribution is -2.42. The number of methoxy groups -OCH3 is 1. The maximum absolute atomic E-state index is 11.5. The maximum atomic E-state index is 11.5. The molecule has 3 nitrogen and oxygen atoms in total. The summed E-state index contributed by atoms with van der Waals surface area (Å²) in [5, 5.41) is 9.45. The Bertz CT molecular complexity index is 485. The lowest BCUT2D eigenvalue weighted by atomic mass is 9.64. The molecule has 1 N–H and O–H groups in total. The quantitative estimate of drug-likeness (QED) is 0.888. The number of benzene rings is 1. The summed E-state index contributed by atoms with van der Waals surface area (Å²) in [5.74, 6) is 0.786. The first-order valence-electron chi connectivity index (χ1n) is 6.59. The predicted molar refractivity (Wildman–Crippen MR) is 68.1 cm³/mol. The van der Waals surface area contributed by atoms with Gasteiger partial charge in [0.05, 0.1) is 12.5 Å². The van der Waals surface area contributed by atoms with Crippen molar-refractivity contribution in [1.82, 2.24) is 0 Å². The van der Waals surface area contributed by atoms with E-state index in [1.165, 1.54) is 18.4 Å². The van der Waals surface area contributed by atoms with Crippen LogP contribution in [-0.4, -0.2) is 18.2 Å². The second-order valence-corrected chi connectivity index (χ2v) is 5.47. The zero-order valence-electron chi connectivity index (χ0n) is 10.6. The topological polar surface area (TPSA) is 46.5 Å². The van der Waals surface area contributed by atoms with Crippen LogP contribution in [0.3, 0.4) is 0 Å². The van der Waals surface area contributed by atoms with Gasteiger partial charge in [-0.3, -0.25) is 4.79 Å². The van der Waals surface area contributed by atoms with Gasteiger partial charge in [-0.05, 0) is 48.8 Å². The molecule has 2 aliphatic rings. The highest BCUT2D eigenvalue weighted by molar-refractivity contribution is 5.82. The molecule has 0 heterocycles. The van der Waals surface area contributed by atoms with Gasteiger partial charge < -0.3 is 9.84 Å². The Balaban J connectivity index is 2.00. The van der Waals surface area contributed by atoms with Crippen LogP contribution in [0.2, 0.25) is 0 Å². The summed E-state index contributed by atoms with van der Waals surface area (Å²) in [5.41, 5.74) is 1.48. The molecule has 3 heteroatoms. The number of ether oxygens (including phenoxy) is 1. The lowest BCUT2D eigenvalue weighted by molar-refractivity contribution is -0.147. The summed E-state index contributed by atoms with van der Waals surface area (Å²) in [7, 11) is 1.67. The summed E-state index contributed by atoms with van der Waals surface area (Å²) in [6.07, 6.45) is 4.93. The van der Waals surface area contributed by atoms with Crippen LogP contribution in [0.1, 0.15) is 49.1 Å². The van der Waals surface area contributed by atoms with E-state index in [-0.39, 0.29) is 0 Å². The first-order chi connectivity index (χ1) is 8.67. The standard InChI is InChI=1S/C15H18O3/c1-18-13-9-11(5-6-12(13)10-3-4-10)15(14(16)17)7-2-8-15/h5-6,9-10H,2-4,7-8H2,1H3,(H,16,17). The Morgan fingerprint density at radius 2 is 2.11 bits per heavy atom. The van der Waals surface area contributed by atoms with E-state index >= 15 is 0 Å². The molecule has 1 aromatic carbocycles. The van der Waals surface area contributed by atoms with Crippen molar-refractivity contribution < 1.29 is 14.6 Å². The fourth-order valence-corrected chi connectivity index (χ4v) is 2.90. The third-order valence-electron chi connectivity index (χ3n) is 4.42. The average Bonchev–Trinajstić information content (AvgIpc) is 3.10. The summed E-state index contributed by atoms with van der Waals surface area (Å²) >= 11 is 0. The van der Waals surface area contributed by atoms with Crippen molar-refractivity contribution in [1.29, 1.82) is 0 Å². The number of hydrogen-bond donors (Lipinski definition) is 1. The molecule has 0 atom stereocenters. The first-order valence-corrected chi connectivity index (χ1v) is 6.59. The van der Waals surface area contributed by atoms with E-state index < -0.39 is 11.4 Å². The fourth-order valence-electron chi connectivity index (χ4n) is 2.90. The second-order valence-electron chi connectivity index (χ2n) is 5.47. The molecule has 0 amide bonds. The van der Waals surface area contributed by atoms with Gasteiger partial charge in [-0.25, -0.2) is 0 Å². The number of carboxylic acids is 1. The summed E-state index contributed by atoms with van der Waals surface area (Å²) in [4.78, 5) is 11.5. The molecule has 1 aromatic rings. The minimum absolute atomic E-state index is 0.621. The second kappa shape index (κ2) is 4.01. The number of rotatable bonds is 4. The summed E-state index contributed by atoms with van der Waals surface area (Å²) in [6, 6.07) is 6.00. The third-order valence-corrected chi connectivity index (χ3v) is 4.42. The highest BCUT2D eigenvalue weighted by Gasteiger charge is 2.46. The van der Waals surface area contributed by atoms with Crippen molar-refractivity contribution in [2.45, 2.75) is 43.4 Å². The summed E-state index contributed by atoms with van der Waals surface area (Å²) < 4.78 is 5.44. The van der Waals surface area contributed by atoms with Crippen molar-refractivity contribution >= 4 is 5.97 Å². The van der Waals surface area contributed by atoms with Crippen molar-refractivity contribution in [3.05, 3.63) is 29.3 Å². The molecule has 0 saturated heterocycles. The van der Waals surface area contributed by atoms with E-state index in [1.54, 1.807) is 7.11 Å². The Morgan fingerprint density at radius 3 is 2.56 bits per heavy atom. The van der Waals surface area contributed by atoms with E-state index in [2.05, 4.69) is 6.07 Å². The number of carboxylic acid groups (broad SMARTS) is 1. The molecule has 0 radical (unpaired) electrons. The van der Waals surface area contributed by atoms with Crippen LogP contribution < -0.4 is 4.74 Å². The molecule has 2 aliphatic carbocycles. The highest BCUT2D eigenvalue weighted by atomic mass is 16.5. The van der Waals surface area contributed by atoms with Crippen molar-refractivity contribution in [3.8, 4) is 5.75 Å². The van der Waals surface area contributed by atoms with Crippen LogP contribution in [0.4, 0.5) is 0 Å². The molecular formula is C15H18O3. The number of hydrogen-bond acceptors (Lipinski definition) is 2. The van der Waals surface area contributed by atoms with Crippen molar-refractivity contribution in [2.24, 2.45) is 0 Å². The van der Waals surface area contributed by atoms with Gasteiger partial charge in [0, 0.05) is 0 Å². The Morgan fingerprint density at radius 1 is 1.39 bits per heavy atom. The van der Waals surface area contributed by atoms with E-state index in [0.717, 1.165) is 30.6 Å². The van der Waals surface area contributed by atoms with Crippen molar-refractivity contribution in [2.75, 3.05) is 7.11 Å². The molecule has 0 bridgehead atoms. The van der Waals surface area contributed by atoms with Gasteiger partial charge in [-0.15, -0.1) is 0 Å². The van der Waals surface area contributed by atoms with Gasteiger partial charge in [-0.1, -0.05) is 18.6 Å². The van der Waals surface area contributed by atoms with Crippen LogP contribution in [0.25, 0.3) is 0 Å². The lowest BCUT2D eigenvalue weighted by Gasteiger charge is -2.38. The van der Waals surface area contributed by atoms with Gasteiger partial charge in [0.2, 0.25) is 0 Å². The number of aliphatic carboxylic acids is 1. The van der Waals surface area contributed by atoms with E-state index in [1.807, 2.05) is 12.1 Å². The third kappa shape index (κ3) is 1.61. The smallest absolute Gasteiger partial charge is 0.314 e. The molecule has 96 valence electrons. The molecule has 0 spiro atoms. The number of carbonyl (C=O) groups is 1. The Kier molecular flexibility index (Phi) is 2.58. The molecule has 2 fully saturated rings. The molecule has 0 aliphatic heterocycles. The highest BCUT2D eigenvalue weighted by Crippen LogP contribution is 2.48. The molecule has 3 rings (SSSR count). The Labute approximate surface area is 107 Å². The molecule has 2 saturated carbocycles. The Hall–Kier alpha value is -1.51.